The van der Waals surface area contributed by atoms with Gasteiger partial charge in [-0.2, -0.15) is 0 Å². The van der Waals surface area contributed by atoms with Gasteiger partial charge in [-0.1, -0.05) is 30.3 Å². The van der Waals surface area contributed by atoms with E-state index in [0.29, 0.717) is 25.2 Å². The highest BCUT2D eigenvalue weighted by Crippen LogP contribution is 2.17. The molecule has 162 valence electrons. The predicted molar refractivity (Wildman–Crippen MR) is 117 cm³/mol. The summed E-state index contributed by atoms with van der Waals surface area (Å²) in [4.78, 5) is 17.3. The largest absolute Gasteiger partial charge is 0.494 e. The van der Waals surface area contributed by atoms with E-state index in [1.54, 1.807) is 12.1 Å². The minimum Gasteiger partial charge on any atom is -0.494 e. The molecule has 1 aliphatic heterocycles. The Balaban J connectivity index is 1.39. The molecule has 0 N–H and O–H groups in total. The van der Waals surface area contributed by atoms with Crippen LogP contribution in [0.15, 0.2) is 59.5 Å². The van der Waals surface area contributed by atoms with E-state index >= 15 is 0 Å². The maximum atomic E-state index is 12.6. The molecule has 2 aromatic carbocycles. The zero-order valence-corrected chi connectivity index (χ0v) is 18.5. The lowest BCUT2D eigenvalue weighted by molar-refractivity contribution is -0.136. The monoisotopic (exact) mass is 430 g/mol. The van der Waals surface area contributed by atoms with Crippen LogP contribution in [-0.4, -0.2) is 62.7 Å². The first kappa shape index (κ1) is 22.3. The first-order valence-electron chi connectivity index (χ1n) is 10.3. The second-order valence-corrected chi connectivity index (χ2v) is 9.87. The van der Waals surface area contributed by atoms with Crippen LogP contribution in [0.1, 0.15) is 25.3 Å². The fourth-order valence-electron chi connectivity index (χ4n) is 3.73. The zero-order valence-electron chi connectivity index (χ0n) is 17.7. The van der Waals surface area contributed by atoms with Crippen LogP contribution >= 0.6 is 0 Å². The number of benzene rings is 2. The molecule has 1 saturated heterocycles. The first-order chi connectivity index (χ1) is 14.3. The summed E-state index contributed by atoms with van der Waals surface area (Å²) >= 11 is 0. The highest BCUT2D eigenvalue weighted by molar-refractivity contribution is 7.90. The Bertz CT molecular complexity index is 929. The lowest BCUT2D eigenvalue weighted by atomic mass is 10.1. The van der Waals surface area contributed by atoms with E-state index < -0.39 is 9.84 Å². The third-order valence-corrected chi connectivity index (χ3v) is 6.47. The Kier molecular flexibility index (Phi) is 7.50. The second-order valence-electron chi connectivity index (χ2n) is 7.85. The van der Waals surface area contributed by atoms with Gasteiger partial charge in [0.2, 0.25) is 5.91 Å². The van der Waals surface area contributed by atoms with Crippen LogP contribution in [0, 0.1) is 0 Å². The Morgan fingerprint density at radius 1 is 1.07 bits per heavy atom. The molecular weight excluding hydrogens is 400 g/mol. The van der Waals surface area contributed by atoms with E-state index in [1.807, 2.05) is 11.0 Å². The Labute approximate surface area is 179 Å². The van der Waals surface area contributed by atoms with Gasteiger partial charge in [0, 0.05) is 44.9 Å². The van der Waals surface area contributed by atoms with Crippen molar-refractivity contribution in [1.82, 2.24) is 9.80 Å². The number of carbonyl (C=O) groups excluding carboxylic acids is 1. The SMILES string of the molecule is CC1CN(Cc2ccccc2)CCN1C(=O)CCCOc1ccc(S(C)(=O)=O)cc1. The topological polar surface area (TPSA) is 66.9 Å². The third-order valence-electron chi connectivity index (χ3n) is 5.34. The first-order valence-corrected chi connectivity index (χ1v) is 12.2. The van der Waals surface area contributed by atoms with Gasteiger partial charge in [-0.3, -0.25) is 9.69 Å². The molecule has 0 aromatic heterocycles. The molecule has 1 aliphatic rings. The molecule has 1 unspecified atom stereocenters. The number of amides is 1. The highest BCUT2D eigenvalue weighted by Gasteiger charge is 2.26. The molecule has 1 atom stereocenters. The second kappa shape index (κ2) is 10.1. The zero-order chi connectivity index (χ0) is 21.6. The quantitative estimate of drug-likeness (QED) is 0.603. The molecule has 1 fully saturated rings. The predicted octanol–water partition coefficient (Wildman–Crippen LogP) is 2.98. The molecule has 0 saturated carbocycles. The summed E-state index contributed by atoms with van der Waals surface area (Å²) in [6.07, 6.45) is 2.25. The minimum atomic E-state index is -3.20. The normalized spacial score (nSPS) is 17.7. The number of nitrogens with zero attached hydrogens (tertiary/aromatic N) is 2. The number of carbonyl (C=O) groups is 1. The molecular formula is C23H30N2O4S. The number of hydrogen-bond acceptors (Lipinski definition) is 5. The van der Waals surface area contributed by atoms with Crippen molar-refractivity contribution in [3.05, 3.63) is 60.2 Å². The molecule has 2 aromatic rings. The van der Waals surface area contributed by atoms with Gasteiger partial charge >= 0.3 is 0 Å². The minimum absolute atomic E-state index is 0.165. The van der Waals surface area contributed by atoms with Gasteiger partial charge in [-0.15, -0.1) is 0 Å². The van der Waals surface area contributed by atoms with Gasteiger partial charge in [0.05, 0.1) is 11.5 Å². The van der Waals surface area contributed by atoms with Crippen molar-refractivity contribution in [3.8, 4) is 5.75 Å². The summed E-state index contributed by atoms with van der Waals surface area (Å²) < 4.78 is 28.6. The van der Waals surface area contributed by atoms with Crippen molar-refractivity contribution >= 4 is 15.7 Å². The number of ether oxygens (including phenoxy) is 1. The van der Waals surface area contributed by atoms with Crippen molar-refractivity contribution < 1.29 is 17.9 Å². The molecule has 1 amide bonds. The van der Waals surface area contributed by atoms with Crippen molar-refractivity contribution in [2.24, 2.45) is 0 Å². The van der Waals surface area contributed by atoms with Gasteiger partial charge in [0.15, 0.2) is 9.84 Å². The van der Waals surface area contributed by atoms with Crippen LogP contribution in [0.5, 0.6) is 5.75 Å². The van der Waals surface area contributed by atoms with Crippen LogP contribution in [0.2, 0.25) is 0 Å². The highest BCUT2D eigenvalue weighted by atomic mass is 32.2. The third kappa shape index (κ3) is 6.31. The summed E-state index contributed by atoms with van der Waals surface area (Å²) in [7, 11) is -3.20. The van der Waals surface area contributed by atoms with Gasteiger partial charge in [-0.05, 0) is 43.2 Å². The summed E-state index contributed by atoms with van der Waals surface area (Å²) in [5, 5.41) is 0. The van der Waals surface area contributed by atoms with Crippen LogP contribution in [-0.2, 0) is 21.2 Å². The number of rotatable bonds is 8. The van der Waals surface area contributed by atoms with E-state index in [4.69, 9.17) is 4.74 Å². The van der Waals surface area contributed by atoms with E-state index in [0.717, 1.165) is 26.2 Å². The lowest BCUT2D eigenvalue weighted by Crippen LogP contribution is -2.53. The average Bonchev–Trinajstić information content (AvgIpc) is 2.71. The van der Waals surface area contributed by atoms with E-state index in [9.17, 15) is 13.2 Å². The molecule has 1 heterocycles. The fourth-order valence-corrected chi connectivity index (χ4v) is 4.36. The van der Waals surface area contributed by atoms with E-state index in [2.05, 4.69) is 36.1 Å². The van der Waals surface area contributed by atoms with Crippen molar-refractivity contribution in [2.45, 2.75) is 37.2 Å². The van der Waals surface area contributed by atoms with Gasteiger partial charge in [0.1, 0.15) is 5.75 Å². The summed E-state index contributed by atoms with van der Waals surface area (Å²) in [5.74, 6) is 0.774. The summed E-state index contributed by atoms with van der Waals surface area (Å²) in [5.41, 5.74) is 1.30. The smallest absolute Gasteiger partial charge is 0.223 e. The van der Waals surface area contributed by atoms with Gasteiger partial charge < -0.3 is 9.64 Å². The van der Waals surface area contributed by atoms with Crippen LogP contribution in [0.25, 0.3) is 0 Å². The van der Waals surface area contributed by atoms with Crippen LogP contribution in [0.4, 0.5) is 0 Å². The number of piperazine rings is 1. The molecule has 6 nitrogen and oxygen atoms in total. The molecule has 7 heteroatoms. The average molecular weight is 431 g/mol. The lowest BCUT2D eigenvalue weighted by Gasteiger charge is -2.40. The summed E-state index contributed by atoms with van der Waals surface area (Å²) in [6.45, 7) is 5.96. The molecule has 3 rings (SSSR count). The fraction of sp³-hybridized carbons (Fsp3) is 0.435. The molecule has 0 bridgehead atoms. The maximum absolute atomic E-state index is 12.6. The Morgan fingerprint density at radius 3 is 2.40 bits per heavy atom. The van der Waals surface area contributed by atoms with Crippen molar-refractivity contribution in [1.29, 1.82) is 0 Å². The standard InChI is InChI=1S/C23H30N2O4S/c1-19-17-24(18-20-7-4-3-5-8-20)14-15-25(19)23(26)9-6-16-29-21-10-12-22(13-11-21)30(2,27)28/h3-5,7-8,10-13,19H,6,9,14-18H2,1-2H3. The van der Waals surface area contributed by atoms with Crippen molar-refractivity contribution in [3.63, 3.8) is 0 Å². The van der Waals surface area contributed by atoms with E-state index in [-0.39, 0.29) is 16.8 Å². The molecule has 0 spiro atoms. The van der Waals surface area contributed by atoms with Crippen LogP contribution in [0.3, 0.4) is 0 Å². The summed E-state index contributed by atoms with van der Waals surface area (Å²) in [6, 6.07) is 17.0. The van der Waals surface area contributed by atoms with E-state index in [1.165, 1.54) is 24.0 Å². The van der Waals surface area contributed by atoms with Crippen LogP contribution < -0.4 is 4.74 Å². The van der Waals surface area contributed by atoms with Gasteiger partial charge in [0.25, 0.3) is 0 Å². The molecule has 0 aliphatic carbocycles. The Hall–Kier alpha value is -2.38. The number of hydrogen-bond donors (Lipinski definition) is 0. The number of sulfone groups is 1. The maximum Gasteiger partial charge on any atom is 0.223 e. The van der Waals surface area contributed by atoms with Crippen molar-refractivity contribution in [2.75, 3.05) is 32.5 Å². The molecule has 30 heavy (non-hydrogen) atoms. The van der Waals surface area contributed by atoms with Gasteiger partial charge in [-0.25, -0.2) is 8.42 Å². The molecule has 0 radical (unpaired) electrons. The Morgan fingerprint density at radius 2 is 1.77 bits per heavy atom.